The molecule has 0 fully saturated rings. The lowest BCUT2D eigenvalue weighted by molar-refractivity contribution is 0.290. The van der Waals surface area contributed by atoms with E-state index in [1.165, 1.54) is 16.7 Å². The average Bonchev–Trinajstić information content (AvgIpc) is 2.73. The number of hydrogen-bond acceptors (Lipinski definition) is 6. The van der Waals surface area contributed by atoms with Crippen LogP contribution in [0.3, 0.4) is 0 Å². The summed E-state index contributed by atoms with van der Waals surface area (Å²) in [5, 5.41) is 0. The van der Waals surface area contributed by atoms with Crippen LogP contribution in [0.15, 0.2) is 18.2 Å². The van der Waals surface area contributed by atoms with Crippen LogP contribution in [0.4, 0.5) is 0 Å². The number of likely N-dealkylation sites (N-methyl/N-ethyl adjacent to an activating group) is 2. The third-order valence-electron chi connectivity index (χ3n) is 5.91. The van der Waals surface area contributed by atoms with Crippen LogP contribution >= 0.6 is 0 Å². The molecule has 6 heteroatoms. The molecular weight excluding hydrogens is 368 g/mol. The van der Waals surface area contributed by atoms with E-state index in [2.05, 4.69) is 42.1 Å². The van der Waals surface area contributed by atoms with Gasteiger partial charge >= 0.3 is 0 Å². The maximum Gasteiger partial charge on any atom is 0.204 e. The van der Waals surface area contributed by atoms with Gasteiger partial charge in [-0.25, -0.2) is 0 Å². The van der Waals surface area contributed by atoms with E-state index in [-0.39, 0.29) is 0 Å². The van der Waals surface area contributed by atoms with E-state index in [0.717, 1.165) is 56.1 Å². The summed E-state index contributed by atoms with van der Waals surface area (Å²) in [7, 11) is 9.28. The molecule has 156 valence electrons. The number of nitrogens with zero attached hydrogens (tertiary/aromatic N) is 2. The molecule has 2 aromatic rings. The Morgan fingerprint density at radius 3 is 1.97 bits per heavy atom. The molecule has 2 aliphatic rings. The summed E-state index contributed by atoms with van der Waals surface area (Å²) in [6.07, 6.45) is 1.97. The van der Waals surface area contributed by atoms with Gasteiger partial charge in [-0.1, -0.05) is 0 Å². The van der Waals surface area contributed by atoms with Gasteiger partial charge < -0.3 is 28.7 Å². The van der Waals surface area contributed by atoms with Gasteiger partial charge in [0.15, 0.2) is 23.0 Å². The van der Waals surface area contributed by atoms with Crippen molar-refractivity contribution in [1.82, 2.24) is 9.80 Å². The molecule has 6 nitrogen and oxygen atoms in total. The van der Waals surface area contributed by atoms with Crippen molar-refractivity contribution < 1.29 is 18.9 Å². The van der Waals surface area contributed by atoms with E-state index in [9.17, 15) is 0 Å². The topological polar surface area (TPSA) is 43.4 Å². The zero-order valence-electron chi connectivity index (χ0n) is 18.0. The van der Waals surface area contributed by atoms with Crippen LogP contribution in [0.5, 0.6) is 28.7 Å². The molecule has 0 radical (unpaired) electrons. The molecule has 0 aliphatic carbocycles. The Morgan fingerprint density at radius 2 is 1.28 bits per heavy atom. The Kier molecular flexibility index (Phi) is 5.56. The molecule has 0 atom stereocenters. The number of rotatable bonds is 5. The van der Waals surface area contributed by atoms with Crippen LogP contribution in [0, 0.1) is 0 Å². The van der Waals surface area contributed by atoms with Crippen LogP contribution in [-0.4, -0.2) is 58.3 Å². The SMILES string of the molecule is COc1cc2c(cc1Oc1c3c(cc(OC)c1OC)CCN(C)C3)CN(C)CC2. The van der Waals surface area contributed by atoms with Crippen molar-refractivity contribution in [3.05, 3.63) is 40.5 Å². The predicted octanol–water partition coefficient (Wildman–Crippen LogP) is 3.48. The van der Waals surface area contributed by atoms with E-state index in [4.69, 9.17) is 18.9 Å². The normalized spacial score (nSPS) is 16.7. The van der Waals surface area contributed by atoms with E-state index < -0.39 is 0 Å². The fraction of sp³-hybridized carbons (Fsp3) is 0.478. The zero-order chi connectivity index (χ0) is 20.5. The number of methoxy groups -OCH3 is 3. The van der Waals surface area contributed by atoms with Gasteiger partial charge in [-0.15, -0.1) is 0 Å². The standard InChI is InChI=1S/C23H30N2O4/c1-24-8-6-15-10-19(26-3)20(12-17(15)13-24)29-22-18-14-25(2)9-7-16(18)11-21(27-4)23(22)28-5/h10-12H,6-9,13-14H2,1-5H3. The van der Waals surface area contributed by atoms with Crippen LogP contribution in [0.25, 0.3) is 0 Å². The zero-order valence-corrected chi connectivity index (χ0v) is 18.0. The van der Waals surface area contributed by atoms with Gasteiger partial charge in [-0.3, -0.25) is 0 Å². The first-order chi connectivity index (χ1) is 14.0. The lowest BCUT2D eigenvalue weighted by atomic mass is 9.97. The van der Waals surface area contributed by atoms with E-state index in [1.54, 1.807) is 21.3 Å². The van der Waals surface area contributed by atoms with Gasteiger partial charge in [0, 0.05) is 31.7 Å². The molecule has 0 amide bonds. The Morgan fingerprint density at radius 1 is 0.655 bits per heavy atom. The lowest BCUT2D eigenvalue weighted by Crippen LogP contribution is -2.27. The summed E-state index contributed by atoms with van der Waals surface area (Å²) in [6, 6.07) is 6.30. The van der Waals surface area contributed by atoms with Gasteiger partial charge in [0.05, 0.1) is 21.3 Å². The van der Waals surface area contributed by atoms with Crippen molar-refractivity contribution in [1.29, 1.82) is 0 Å². The molecular formula is C23H30N2O4. The fourth-order valence-electron chi connectivity index (χ4n) is 4.27. The second-order valence-corrected chi connectivity index (χ2v) is 7.93. The van der Waals surface area contributed by atoms with E-state index in [0.29, 0.717) is 17.2 Å². The maximum atomic E-state index is 6.54. The van der Waals surface area contributed by atoms with Crippen LogP contribution in [0.2, 0.25) is 0 Å². The smallest absolute Gasteiger partial charge is 0.204 e. The molecule has 0 bridgehead atoms. The number of fused-ring (bicyclic) bond motifs is 2. The monoisotopic (exact) mass is 398 g/mol. The minimum Gasteiger partial charge on any atom is -0.493 e. The van der Waals surface area contributed by atoms with E-state index in [1.807, 2.05) is 0 Å². The first-order valence-electron chi connectivity index (χ1n) is 10.1. The summed E-state index contributed by atoms with van der Waals surface area (Å²) in [4.78, 5) is 4.61. The van der Waals surface area contributed by atoms with Crippen molar-refractivity contribution in [3.8, 4) is 28.7 Å². The Bertz CT molecular complexity index is 912. The number of ether oxygens (including phenoxy) is 4. The first-order valence-corrected chi connectivity index (χ1v) is 10.1. The van der Waals surface area contributed by atoms with E-state index >= 15 is 0 Å². The van der Waals surface area contributed by atoms with Crippen LogP contribution < -0.4 is 18.9 Å². The van der Waals surface area contributed by atoms with Crippen molar-refractivity contribution in [2.75, 3.05) is 48.5 Å². The second-order valence-electron chi connectivity index (χ2n) is 7.93. The molecule has 0 spiro atoms. The van der Waals surface area contributed by atoms with Crippen LogP contribution in [0.1, 0.15) is 22.3 Å². The predicted molar refractivity (Wildman–Crippen MR) is 113 cm³/mol. The Labute approximate surface area is 172 Å². The fourth-order valence-corrected chi connectivity index (χ4v) is 4.27. The summed E-state index contributed by atoms with van der Waals surface area (Å²) < 4.78 is 23.6. The second kappa shape index (κ2) is 8.13. The van der Waals surface area contributed by atoms with Crippen molar-refractivity contribution >= 4 is 0 Å². The highest BCUT2D eigenvalue weighted by Crippen LogP contribution is 2.47. The minimum absolute atomic E-state index is 0.624. The molecule has 29 heavy (non-hydrogen) atoms. The highest BCUT2D eigenvalue weighted by molar-refractivity contribution is 5.62. The van der Waals surface area contributed by atoms with Crippen LogP contribution in [-0.2, 0) is 25.9 Å². The highest BCUT2D eigenvalue weighted by atomic mass is 16.5. The summed E-state index contributed by atoms with van der Waals surface area (Å²) in [5.74, 6) is 3.50. The largest absolute Gasteiger partial charge is 0.493 e. The van der Waals surface area contributed by atoms with Crippen molar-refractivity contribution in [2.24, 2.45) is 0 Å². The molecule has 0 aromatic heterocycles. The average molecular weight is 399 g/mol. The molecule has 4 rings (SSSR count). The molecule has 0 N–H and O–H groups in total. The quantitative estimate of drug-likeness (QED) is 0.768. The number of benzene rings is 2. The lowest BCUT2D eigenvalue weighted by Gasteiger charge is -2.29. The van der Waals surface area contributed by atoms with Gasteiger partial charge in [0.25, 0.3) is 0 Å². The maximum absolute atomic E-state index is 6.54. The molecule has 0 saturated heterocycles. The third kappa shape index (κ3) is 3.74. The summed E-state index contributed by atoms with van der Waals surface area (Å²) in [6.45, 7) is 3.78. The highest BCUT2D eigenvalue weighted by Gasteiger charge is 2.27. The summed E-state index contributed by atoms with van der Waals surface area (Å²) >= 11 is 0. The van der Waals surface area contributed by atoms with Gasteiger partial charge in [-0.2, -0.15) is 0 Å². The molecule has 0 saturated carbocycles. The van der Waals surface area contributed by atoms with Crippen molar-refractivity contribution in [3.63, 3.8) is 0 Å². The third-order valence-corrected chi connectivity index (χ3v) is 5.91. The van der Waals surface area contributed by atoms with Crippen molar-refractivity contribution in [2.45, 2.75) is 25.9 Å². The Balaban J connectivity index is 1.82. The molecule has 2 heterocycles. The number of hydrogen-bond donors (Lipinski definition) is 0. The van der Waals surface area contributed by atoms with Gasteiger partial charge in [0.1, 0.15) is 0 Å². The summed E-state index contributed by atoms with van der Waals surface area (Å²) in [5.41, 5.74) is 5.00. The first kappa shape index (κ1) is 19.9. The van der Waals surface area contributed by atoms with Gasteiger partial charge in [-0.05, 0) is 61.8 Å². The molecule has 2 aliphatic heterocycles. The molecule has 0 unspecified atom stereocenters. The van der Waals surface area contributed by atoms with Gasteiger partial charge in [0.2, 0.25) is 5.75 Å². The minimum atomic E-state index is 0.624. The Hall–Kier alpha value is -2.44. The molecule has 2 aromatic carbocycles.